The normalized spacial score (nSPS) is 10.4. The number of nitrogens with zero attached hydrogens (tertiary/aromatic N) is 1. The fraction of sp³-hybridized carbons (Fsp3) is 0.350. The van der Waals surface area contributed by atoms with Crippen LogP contribution in [0.25, 0.3) is 0 Å². The van der Waals surface area contributed by atoms with E-state index in [-0.39, 0.29) is 19.0 Å². The number of anilines is 1. The van der Waals surface area contributed by atoms with Gasteiger partial charge in [0.25, 0.3) is 0 Å². The first-order chi connectivity index (χ1) is 14.0. The second-order valence-electron chi connectivity index (χ2n) is 6.27. The summed E-state index contributed by atoms with van der Waals surface area (Å²) in [5.41, 5.74) is 0.564. The van der Waals surface area contributed by atoms with E-state index in [1.165, 1.54) is 18.4 Å². The molecule has 2 aromatic rings. The van der Waals surface area contributed by atoms with Crippen LogP contribution in [0.3, 0.4) is 0 Å². The number of imide groups is 1. The number of urea groups is 1. The van der Waals surface area contributed by atoms with Crippen LogP contribution >= 0.6 is 11.3 Å². The summed E-state index contributed by atoms with van der Waals surface area (Å²) < 4.78 is 5.22. The third-order valence-electron chi connectivity index (χ3n) is 3.91. The van der Waals surface area contributed by atoms with Crippen molar-refractivity contribution in [3.05, 3.63) is 46.7 Å². The van der Waals surface area contributed by atoms with Gasteiger partial charge in [-0.15, -0.1) is 11.3 Å². The Morgan fingerprint density at radius 2 is 1.83 bits per heavy atom. The van der Waals surface area contributed by atoms with E-state index in [4.69, 9.17) is 4.74 Å². The minimum absolute atomic E-state index is 0.0239. The van der Waals surface area contributed by atoms with Gasteiger partial charge in [0.05, 0.1) is 32.4 Å². The van der Waals surface area contributed by atoms with E-state index in [2.05, 4.69) is 16.0 Å². The van der Waals surface area contributed by atoms with Crippen molar-refractivity contribution in [3.8, 4) is 5.75 Å². The van der Waals surface area contributed by atoms with Crippen LogP contribution in [-0.4, -0.2) is 49.5 Å². The Hall–Kier alpha value is -2.91. The number of hydrogen-bond acceptors (Lipinski definition) is 6. The molecule has 0 aliphatic rings. The highest BCUT2D eigenvalue weighted by atomic mass is 32.1. The highest BCUT2D eigenvalue weighted by Crippen LogP contribution is 2.22. The number of nitrogens with one attached hydrogen (secondary N) is 3. The summed E-state index contributed by atoms with van der Waals surface area (Å²) in [5, 5.41) is 9.63. The van der Waals surface area contributed by atoms with E-state index in [1.807, 2.05) is 30.5 Å². The Bertz CT molecular complexity index is 811. The van der Waals surface area contributed by atoms with Crippen LogP contribution in [-0.2, 0) is 16.1 Å². The minimum Gasteiger partial charge on any atom is -0.495 e. The highest BCUT2D eigenvalue weighted by Gasteiger charge is 2.16. The topological polar surface area (TPSA) is 99.8 Å². The Labute approximate surface area is 174 Å². The van der Waals surface area contributed by atoms with Gasteiger partial charge in [0.15, 0.2) is 0 Å². The second-order valence-corrected chi connectivity index (χ2v) is 7.30. The van der Waals surface area contributed by atoms with Crippen LogP contribution in [0.1, 0.15) is 18.2 Å². The number of rotatable bonds is 10. The zero-order chi connectivity index (χ0) is 21.1. The zero-order valence-electron chi connectivity index (χ0n) is 16.6. The average Bonchev–Trinajstić information content (AvgIpc) is 3.20. The van der Waals surface area contributed by atoms with Gasteiger partial charge in [-0.2, -0.15) is 0 Å². The molecule has 0 saturated heterocycles. The number of thiophene rings is 1. The van der Waals surface area contributed by atoms with Crippen molar-refractivity contribution in [1.82, 2.24) is 15.5 Å². The van der Waals surface area contributed by atoms with Crippen LogP contribution in [0.4, 0.5) is 10.5 Å². The monoisotopic (exact) mass is 418 g/mol. The molecule has 1 heterocycles. The smallest absolute Gasteiger partial charge is 0.321 e. The van der Waals surface area contributed by atoms with Gasteiger partial charge < -0.3 is 15.4 Å². The third-order valence-corrected chi connectivity index (χ3v) is 4.79. The molecule has 0 spiro atoms. The van der Waals surface area contributed by atoms with Gasteiger partial charge in [0, 0.05) is 4.88 Å². The summed E-state index contributed by atoms with van der Waals surface area (Å²) in [6, 6.07) is 10.3. The Morgan fingerprint density at radius 1 is 1.07 bits per heavy atom. The molecule has 8 nitrogen and oxygen atoms in total. The molecule has 29 heavy (non-hydrogen) atoms. The highest BCUT2D eigenvalue weighted by molar-refractivity contribution is 7.09. The quantitative estimate of drug-likeness (QED) is 0.550. The maximum atomic E-state index is 12.4. The Balaban J connectivity index is 1.82. The zero-order valence-corrected chi connectivity index (χ0v) is 17.4. The molecule has 156 valence electrons. The van der Waals surface area contributed by atoms with Crippen molar-refractivity contribution in [2.75, 3.05) is 32.1 Å². The Kier molecular flexibility index (Phi) is 9.13. The summed E-state index contributed by atoms with van der Waals surface area (Å²) in [5.74, 6) is -0.173. The van der Waals surface area contributed by atoms with Crippen LogP contribution in [0.2, 0.25) is 0 Å². The lowest BCUT2D eigenvalue weighted by atomic mass is 10.3. The maximum Gasteiger partial charge on any atom is 0.321 e. The maximum absolute atomic E-state index is 12.4. The number of ether oxygens (including phenoxy) is 1. The molecule has 9 heteroatoms. The lowest BCUT2D eigenvalue weighted by molar-refractivity contribution is -0.122. The average molecular weight is 419 g/mol. The summed E-state index contributed by atoms with van der Waals surface area (Å²) in [6.45, 7) is 2.83. The van der Waals surface area contributed by atoms with E-state index < -0.39 is 11.9 Å². The van der Waals surface area contributed by atoms with Crippen molar-refractivity contribution in [2.24, 2.45) is 0 Å². The van der Waals surface area contributed by atoms with Crippen LogP contribution in [0, 0.1) is 0 Å². The summed E-state index contributed by atoms with van der Waals surface area (Å²) in [6.07, 6.45) is 0.764. The van der Waals surface area contributed by atoms with Crippen LogP contribution in [0.15, 0.2) is 41.8 Å². The Morgan fingerprint density at radius 3 is 2.52 bits per heavy atom. The second kappa shape index (κ2) is 11.8. The van der Waals surface area contributed by atoms with Crippen molar-refractivity contribution in [2.45, 2.75) is 19.9 Å². The van der Waals surface area contributed by atoms with Gasteiger partial charge in [0.2, 0.25) is 11.8 Å². The first-order valence-electron chi connectivity index (χ1n) is 9.27. The lowest BCUT2D eigenvalue weighted by Gasteiger charge is -2.20. The van der Waals surface area contributed by atoms with E-state index in [9.17, 15) is 14.4 Å². The number of benzene rings is 1. The van der Waals surface area contributed by atoms with E-state index in [1.54, 1.807) is 23.1 Å². The summed E-state index contributed by atoms with van der Waals surface area (Å²) in [7, 11) is 1.53. The molecule has 0 saturated carbocycles. The van der Waals surface area contributed by atoms with E-state index >= 15 is 0 Å². The SMILES string of the molecule is CCCN(CC(=O)NC(=O)NCc1cccs1)CC(=O)Nc1ccccc1OC. The number of amides is 4. The van der Waals surface area contributed by atoms with Gasteiger partial charge in [-0.25, -0.2) is 4.79 Å². The van der Waals surface area contributed by atoms with Gasteiger partial charge in [-0.3, -0.25) is 19.8 Å². The molecule has 0 atom stereocenters. The predicted molar refractivity (Wildman–Crippen MR) is 113 cm³/mol. The molecule has 2 rings (SSSR count). The molecule has 4 amide bonds. The van der Waals surface area contributed by atoms with Crippen LogP contribution in [0.5, 0.6) is 5.75 Å². The fourth-order valence-electron chi connectivity index (χ4n) is 2.66. The van der Waals surface area contributed by atoms with Gasteiger partial charge in [-0.1, -0.05) is 25.1 Å². The fourth-order valence-corrected chi connectivity index (χ4v) is 3.31. The van der Waals surface area contributed by atoms with Crippen LogP contribution < -0.4 is 20.7 Å². The first-order valence-corrected chi connectivity index (χ1v) is 10.1. The molecular formula is C20H26N4O4S. The standard InChI is InChI=1S/C20H26N4O4S/c1-3-10-24(13-18(25)22-16-8-4-5-9-17(16)28-2)14-19(26)23-20(27)21-12-15-7-6-11-29-15/h4-9,11H,3,10,12-14H2,1-2H3,(H,22,25)(H2,21,23,26,27). The largest absolute Gasteiger partial charge is 0.495 e. The number of hydrogen-bond donors (Lipinski definition) is 3. The molecule has 1 aromatic heterocycles. The molecule has 0 fully saturated rings. The number of carbonyl (C=O) groups is 3. The molecular weight excluding hydrogens is 392 g/mol. The molecule has 0 bridgehead atoms. The summed E-state index contributed by atoms with van der Waals surface area (Å²) in [4.78, 5) is 39.1. The van der Waals surface area contributed by atoms with Gasteiger partial charge in [0.1, 0.15) is 5.75 Å². The molecule has 1 aromatic carbocycles. The summed E-state index contributed by atoms with van der Waals surface area (Å²) >= 11 is 1.52. The molecule has 0 aliphatic heterocycles. The van der Waals surface area contributed by atoms with Crippen molar-refractivity contribution in [1.29, 1.82) is 0 Å². The number of para-hydroxylation sites is 2. The van der Waals surface area contributed by atoms with E-state index in [0.29, 0.717) is 24.5 Å². The minimum atomic E-state index is -0.557. The van der Waals surface area contributed by atoms with Crippen molar-refractivity contribution >= 4 is 34.9 Å². The van der Waals surface area contributed by atoms with Crippen molar-refractivity contribution in [3.63, 3.8) is 0 Å². The van der Waals surface area contributed by atoms with Gasteiger partial charge >= 0.3 is 6.03 Å². The lowest BCUT2D eigenvalue weighted by Crippen LogP contribution is -2.46. The van der Waals surface area contributed by atoms with Crippen molar-refractivity contribution < 1.29 is 19.1 Å². The first kappa shape index (κ1) is 22.4. The number of carbonyl (C=O) groups excluding carboxylic acids is 3. The number of methoxy groups -OCH3 is 1. The third kappa shape index (κ3) is 7.92. The predicted octanol–water partition coefficient (Wildman–Crippen LogP) is 2.43. The molecule has 0 radical (unpaired) electrons. The van der Waals surface area contributed by atoms with E-state index in [0.717, 1.165) is 11.3 Å². The molecule has 3 N–H and O–H groups in total. The molecule has 0 unspecified atom stereocenters. The van der Waals surface area contributed by atoms with Gasteiger partial charge in [-0.05, 0) is 36.5 Å². The molecule has 0 aliphatic carbocycles.